The third-order valence-corrected chi connectivity index (χ3v) is 10.7. The van der Waals surface area contributed by atoms with E-state index >= 15 is 0 Å². The first kappa shape index (κ1) is 34.4. The first-order valence-electron chi connectivity index (χ1n) is 15.1. The number of ketones is 1. The number of aryl methyl sites for hydroxylation is 1. The lowest BCUT2D eigenvalue weighted by molar-refractivity contribution is -0.139. The first-order valence-corrected chi connectivity index (χ1v) is 17.7. The Morgan fingerprint density at radius 1 is 1.24 bits per heavy atom. The van der Waals surface area contributed by atoms with E-state index in [4.69, 9.17) is 31.4 Å². The Balaban J connectivity index is 1.33. The van der Waals surface area contributed by atoms with Crippen molar-refractivity contribution in [2.24, 2.45) is 28.6 Å². The molecule has 1 aliphatic heterocycles. The number of carboxylic acid groups (broad SMARTS) is 1. The summed E-state index contributed by atoms with van der Waals surface area (Å²) in [6.45, 7) is 4.21. The number of carbonyl (C=O) groups excluding carboxylic acids is 1. The van der Waals surface area contributed by atoms with Gasteiger partial charge >= 0.3 is 16.3 Å². The maximum Gasteiger partial charge on any atom is 0.333 e. The second-order valence-electron chi connectivity index (χ2n) is 12.1. The maximum atomic E-state index is 13.9. The molecular weight excluding hydrogens is 654 g/mol. The van der Waals surface area contributed by atoms with Gasteiger partial charge in [-0.3, -0.25) is 13.8 Å². The number of nitrogens with zero attached hydrogens (tertiary/aromatic N) is 2. The summed E-state index contributed by atoms with van der Waals surface area (Å²) >= 11 is 7.69. The van der Waals surface area contributed by atoms with Crippen LogP contribution in [0, 0.1) is 24.7 Å². The molecule has 3 aromatic rings. The van der Waals surface area contributed by atoms with Crippen molar-refractivity contribution in [3.8, 4) is 0 Å². The molecule has 0 saturated heterocycles. The van der Waals surface area contributed by atoms with Crippen molar-refractivity contribution >= 4 is 50.8 Å². The smallest absolute Gasteiger partial charge is 0.333 e. The monoisotopic (exact) mass is 691 g/mol. The molecule has 6 N–H and O–H groups in total. The number of aliphatic carboxylic acids is 1. The number of halogens is 1. The summed E-state index contributed by atoms with van der Waals surface area (Å²) in [6, 6.07) is 6.52. The second-order valence-corrected chi connectivity index (χ2v) is 15.0. The van der Waals surface area contributed by atoms with E-state index in [2.05, 4.69) is 15.3 Å². The van der Waals surface area contributed by atoms with Gasteiger partial charge < -0.3 is 20.9 Å². The van der Waals surface area contributed by atoms with Crippen LogP contribution in [0.1, 0.15) is 75.5 Å². The highest BCUT2D eigenvalue weighted by molar-refractivity contribution is 7.84. The van der Waals surface area contributed by atoms with Crippen LogP contribution >= 0.6 is 22.9 Å². The number of hydrogen-bond donors (Lipinski definition) is 4. The molecule has 248 valence electrons. The zero-order chi connectivity index (χ0) is 33.2. The Hall–Kier alpha value is -2.98. The summed E-state index contributed by atoms with van der Waals surface area (Å²) in [4.78, 5) is 35.2. The van der Waals surface area contributed by atoms with Gasteiger partial charge in [0.1, 0.15) is 24.3 Å². The minimum absolute atomic E-state index is 0.00179. The fourth-order valence-corrected chi connectivity index (χ4v) is 7.99. The van der Waals surface area contributed by atoms with E-state index < -0.39 is 22.3 Å². The van der Waals surface area contributed by atoms with Gasteiger partial charge in [0.2, 0.25) is 5.78 Å². The Bertz CT molecular complexity index is 1700. The zero-order valence-corrected chi connectivity index (χ0v) is 27.9. The molecule has 0 amide bonds. The third kappa shape index (κ3) is 8.11. The van der Waals surface area contributed by atoms with Gasteiger partial charge in [-0.15, -0.1) is 11.3 Å². The Morgan fingerprint density at radius 2 is 2.00 bits per heavy atom. The van der Waals surface area contributed by atoms with E-state index in [1.54, 1.807) is 6.92 Å². The van der Waals surface area contributed by atoms with E-state index in [1.807, 2.05) is 31.2 Å². The molecule has 2 aliphatic rings. The van der Waals surface area contributed by atoms with Gasteiger partial charge in [0.05, 0.1) is 23.7 Å². The quantitative estimate of drug-likeness (QED) is 0.187. The van der Waals surface area contributed by atoms with Crippen LogP contribution in [0.15, 0.2) is 36.8 Å². The number of carboxylic acids is 1. The summed E-state index contributed by atoms with van der Waals surface area (Å²) in [5.41, 5.74) is 9.20. The summed E-state index contributed by atoms with van der Waals surface area (Å²) in [7, 11) is -4.14. The van der Waals surface area contributed by atoms with Crippen LogP contribution in [0.2, 0.25) is 5.02 Å². The number of thiophene rings is 1. The predicted octanol–water partition coefficient (Wildman–Crippen LogP) is 4.25. The van der Waals surface area contributed by atoms with Crippen molar-refractivity contribution in [1.82, 2.24) is 9.97 Å². The maximum absolute atomic E-state index is 13.9. The molecule has 2 aromatic heterocycles. The largest absolute Gasteiger partial charge is 0.480 e. The van der Waals surface area contributed by atoms with Crippen LogP contribution in [0.4, 0.5) is 5.82 Å². The van der Waals surface area contributed by atoms with Crippen molar-refractivity contribution in [2.45, 2.75) is 64.1 Å². The molecule has 3 unspecified atom stereocenters. The van der Waals surface area contributed by atoms with Gasteiger partial charge in [-0.25, -0.2) is 15.1 Å². The fourth-order valence-electron chi connectivity index (χ4n) is 6.45. The summed E-state index contributed by atoms with van der Waals surface area (Å²) < 4.78 is 34.2. The minimum Gasteiger partial charge on any atom is -0.480 e. The van der Waals surface area contributed by atoms with Gasteiger partial charge in [-0.2, -0.15) is 8.42 Å². The second kappa shape index (κ2) is 14.4. The highest BCUT2D eigenvalue weighted by atomic mass is 35.5. The van der Waals surface area contributed by atoms with Crippen LogP contribution < -0.4 is 16.2 Å². The SMILES string of the molecule is Cc1sc(C(=O)c2cncnc2NC2CC(CC[C@H](C)[C@@H](N)C(=O)O)C(COS(N)(=O)=O)C2)cc1[C@@H]1OCCc2ccc(Cl)cc21. The number of aromatic nitrogens is 2. The average molecular weight is 692 g/mol. The molecule has 5 rings (SSSR count). The predicted molar refractivity (Wildman–Crippen MR) is 174 cm³/mol. The molecule has 0 spiro atoms. The lowest BCUT2D eigenvalue weighted by atomic mass is 9.87. The van der Waals surface area contributed by atoms with E-state index in [0.717, 1.165) is 22.4 Å². The third-order valence-electron chi connectivity index (χ3n) is 8.99. The number of anilines is 1. The van der Waals surface area contributed by atoms with E-state index in [0.29, 0.717) is 53.6 Å². The van der Waals surface area contributed by atoms with Crippen molar-refractivity contribution in [3.05, 3.63) is 73.8 Å². The molecule has 6 atom stereocenters. The molecule has 0 radical (unpaired) electrons. The number of carbonyl (C=O) groups is 2. The number of nitrogens with one attached hydrogen (secondary N) is 1. The van der Waals surface area contributed by atoms with Gasteiger partial charge in [0.25, 0.3) is 0 Å². The number of ether oxygens (including phenoxy) is 1. The van der Waals surface area contributed by atoms with E-state index in [1.165, 1.54) is 29.4 Å². The molecule has 1 fully saturated rings. The van der Waals surface area contributed by atoms with E-state index in [9.17, 15) is 23.1 Å². The molecular formula is C31H38ClN5O7S2. The van der Waals surface area contributed by atoms with Crippen LogP contribution in [-0.2, 0) is 30.4 Å². The average Bonchev–Trinajstić information content (AvgIpc) is 3.60. The molecule has 15 heteroatoms. The van der Waals surface area contributed by atoms with Crippen molar-refractivity contribution in [1.29, 1.82) is 0 Å². The van der Waals surface area contributed by atoms with Gasteiger partial charge in [-0.05, 0) is 91.7 Å². The molecule has 1 aliphatic carbocycles. The minimum atomic E-state index is -4.14. The number of nitrogens with two attached hydrogens (primary N) is 2. The molecule has 3 heterocycles. The molecule has 0 bridgehead atoms. The lowest BCUT2D eigenvalue weighted by Gasteiger charge is -2.26. The molecule has 12 nitrogen and oxygen atoms in total. The highest BCUT2D eigenvalue weighted by Crippen LogP contribution is 2.41. The Morgan fingerprint density at radius 3 is 2.74 bits per heavy atom. The normalized spacial score (nSPS) is 22.6. The summed E-state index contributed by atoms with van der Waals surface area (Å²) in [6.07, 6.45) is 5.61. The molecule has 46 heavy (non-hydrogen) atoms. The highest BCUT2D eigenvalue weighted by Gasteiger charge is 2.37. The summed E-state index contributed by atoms with van der Waals surface area (Å²) in [5.74, 6) is -1.39. The van der Waals surface area contributed by atoms with Gasteiger partial charge in [-0.1, -0.05) is 24.6 Å². The zero-order valence-electron chi connectivity index (χ0n) is 25.5. The standard InChI is InChI=1S/C31H38ClN5O7S2/c1-16(27(33)31(39)40)3-4-19-9-22(10-20(19)14-44-46(34,41)42)37-30-25(13-35-15-36-30)28(38)26-12-23(17(2)45-26)29-24-11-21(32)6-5-18(24)7-8-43-29/h5-6,11-13,15-16,19-20,22,27,29H,3-4,7-10,14,33H2,1-2H3,(H,39,40)(H2,34,41,42)(H,35,36,37)/t16-,19?,20?,22?,27+,29-/m0/s1. The van der Waals surface area contributed by atoms with Crippen LogP contribution in [0.3, 0.4) is 0 Å². The topological polar surface area (TPSA) is 197 Å². The lowest BCUT2D eigenvalue weighted by Crippen LogP contribution is -2.36. The fraction of sp³-hybridized carbons (Fsp3) is 0.484. The van der Waals surface area contributed by atoms with Crippen LogP contribution in [0.25, 0.3) is 0 Å². The first-order chi connectivity index (χ1) is 21.8. The molecule has 1 saturated carbocycles. The van der Waals surface area contributed by atoms with E-state index in [-0.39, 0.29) is 42.3 Å². The van der Waals surface area contributed by atoms with Crippen molar-refractivity contribution in [2.75, 3.05) is 18.5 Å². The van der Waals surface area contributed by atoms with Gasteiger partial charge in [0.15, 0.2) is 0 Å². The van der Waals surface area contributed by atoms with Crippen molar-refractivity contribution < 1.29 is 32.0 Å². The Labute approximate surface area is 277 Å². The number of hydrogen-bond acceptors (Lipinski definition) is 11. The Kier molecular flexibility index (Phi) is 10.8. The van der Waals surface area contributed by atoms with Crippen LogP contribution in [-0.4, -0.2) is 60.5 Å². The van der Waals surface area contributed by atoms with Crippen LogP contribution in [0.5, 0.6) is 0 Å². The number of rotatable bonds is 13. The number of benzene rings is 1. The number of fused-ring (bicyclic) bond motifs is 1. The van der Waals surface area contributed by atoms with Crippen molar-refractivity contribution in [3.63, 3.8) is 0 Å². The summed E-state index contributed by atoms with van der Waals surface area (Å²) in [5, 5.41) is 18.4. The van der Waals surface area contributed by atoms with Gasteiger partial charge in [0, 0.05) is 22.1 Å². The molecule has 1 aromatic carbocycles.